The Morgan fingerprint density at radius 1 is 0.963 bits per heavy atom. The number of benzene rings is 2. The van der Waals surface area contributed by atoms with E-state index in [4.69, 9.17) is 9.47 Å². The largest absolute Gasteiger partial charge is 0.479 e. The Kier molecular flexibility index (Phi) is 6.36. The van der Waals surface area contributed by atoms with Crippen LogP contribution in [0.3, 0.4) is 0 Å². The average molecular weight is 372 g/mol. The Bertz CT molecular complexity index is 730. The molecular formula is C21H24O6. The summed E-state index contributed by atoms with van der Waals surface area (Å²) >= 11 is 0. The minimum Gasteiger partial charge on any atom is -0.479 e. The number of rotatable bonds is 8. The number of aliphatic hydroxyl groups is 1. The molecule has 0 aliphatic carbocycles. The zero-order valence-electron chi connectivity index (χ0n) is 15.6. The lowest BCUT2D eigenvalue weighted by Gasteiger charge is -2.39. The van der Waals surface area contributed by atoms with Crippen LogP contribution in [0.25, 0.3) is 0 Å². The van der Waals surface area contributed by atoms with Crippen LogP contribution in [0.5, 0.6) is 0 Å². The van der Waals surface area contributed by atoms with Gasteiger partial charge in [-0.25, -0.2) is 4.79 Å². The molecule has 0 fully saturated rings. The van der Waals surface area contributed by atoms with Gasteiger partial charge in [-0.1, -0.05) is 60.7 Å². The molecule has 27 heavy (non-hydrogen) atoms. The minimum absolute atomic E-state index is 0.159. The Morgan fingerprint density at radius 2 is 1.41 bits per heavy atom. The van der Waals surface area contributed by atoms with E-state index in [1.165, 1.54) is 7.11 Å². The summed E-state index contributed by atoms with van der Waals surface area (Å²) in [6, 6.07) is 17.2. The third-order valence-corrected chi connectivity index (χ3v) is 4.42. The number of methoxy groups -OCH3 is 1. The Labute approximate surface area is 158 Å². The summed E-state index contributed by atoms with van der Waals surface area (Å²) in [7, 11) is 1.28. The molecule has 2 N–H and O–H groups in total. The highest BCUT2D eigenvalue weighted by atomic mass is 16.5. The molecule has 0 bridgehead atoms. The van der Waals surface area contributed by atoms with Gasteiger partial charge in [-0.3, -0.25) is 4.79 Å². The minimum atomic E-state index is -1.89. The first kappa shape index (κ1) is 20.6. The predicted molar refractivity (Wildman–Crippen MR) is 99.1 cm³/mol. The molecule has 1 unspecified atom stereocenters. The van der Waals surface area contributed by atoms with Gasteiger partial charge in [0.15, 0.2) is 11.7 Å². The number of carbonyl (C=O) groups is 2. The van der Waals surface area contributed by atoms with Gasteiger partial charge in [-0.05, 0) is 25.0 Å². The molecule has 0 saturated carbocycles. The fraction of sp³-hybridized carbons (Fsp3) is 0.333. The zero-order chi connectivity index (χ0) is 20.1. The van der Waals surface area contributed by atoms with Crippen LogP contribution in [-0.2, 0) is 24.7 Å². The van der Waals surface area contributed by atoms with Crippen molar-refractivity contribution in [2.75, 3.05) is 13.7 Å². The lowest BCUT2D eigenvalue weighted by molar-refractivity contribution is -0.177. The lowest BCUT2D eigenvalue weighted by atomic mass is 9.80. The first-order chi connectivity index (χ1) is 12.8. The van der Waals surface area contributed by atoms with E-state index in [1.54, 1.807) is 74.5 Å². The number of carbonyl (C=O) groups excluding carboxylic acids is 1. The molecule has 1 atom stereocenters. The molecule has 0 spiro atoms. The van der Waals surface area contributed by atoms with E-state index in [0.717, 1.165) is 0 Å². The number of hydrogen-bond donors (Lipinski definition) is 2. The normalized spacial score (nSPS) is 13.0. The maximum atomic E-state index is 12.0. The van der Waals surface area contributed by atoms with Crippen LogP contribution < -0.4 is 0 Å². The Hall–Kier alpha value is -2.70. The summed E-state index contributed by atoms with van der Waals surface area (Å²) in [6.45, 7) is 3.10. The van der Waals surface area contributed by atoms with Crippen LogP contribution in [0, 0.1) is 5.41 Å². The van der Waals surface area contributed by atoms with E-state index >= 15 is 0 Å². The standard InChI is InChI=1S/C21H24O6/c1-20(2,19(25)26-3)14-27-21(17(22)18(23)24,15-10-6-4-7-11-15)16-12-8-5-9-13-16/h4-13,17,22H,14H2,1-3H3,(H,23,24). The van der Waals surface area contributed by atoms with E-state index in [-0.39, 0.29) is 6.61 Å². The molecule has 2 aromatic carbocycles. The van der Waals surface area contributed by atoms with E-state index in [2.05, 4.69) is 0 Å². The van der Waals surface area contributed by atoms with Crippen molar-refractivity contribution in [3.8, 4) is 0 Å². The van der Waals surface area contributed by atoms with E-state index < -0.39 is 29.1 Å². The van der Waals surface area contributed by atoms with Crippen molar-refractivity contribution in [1.29, 1.82) is 0 Å². The molecular weight excluding hydrogens is 348 g/mol. The van der Waals surface area contributed by atoms with Crippen LogP contribution in [0.1, 0.15) is 25.0 Å². The molecule has 0 aromatic heterocycles. The van der Waals surface area contributed by atoms with E-state index in [9.17, 15) is 19.8 Å². The van der Waals surface area contributed by atoms with Gasteiger partial charge >= 0.3 is 11.9 Å². The summed E-state index contributed by atoms with van der Waals surface area (Å²) in [6.07, 6.45) is -1.89. The Balaban J connectivity index is 2.62. The van der Waals surface area contributed by atoms with Crippen LogP contribution >= 0.6 is 0 Å². The molecule has 0 heterocycles. The lowest BCUT2D eigenvalue weighted by Crippen LogP contribution is -2.49. The highest BCUT2D eigenvalue weighted by Gasteiger charge is 2.48. The van der Waals surface area contributed by atoms with Gasteiger partial charge in [0.1, 0.15) is 0 Å². The summed E-state index contributed by atoms with van der Waals surface area (Å²) in [5.41, 5.74) is -1.81. The first-order valence-corrected chi connectivity index (χ1v) is 8.50. The van der Waals surface area contributed by atoms with Crippen LogP contribution in [-0.4, -0.2) is 42.0 Å². The quantitative estimate of drug-likeness (QED) is 0.692. The summed E-state index contributed by atoms with van der Waals surface area (Å²) in [4.78, 5) is 23.8. The second-order valence-corrected chi connectivity index (χ2v) is 6.87. The average Bonchev–Trinajstić information content (AvgIpc) is 2.69. The predicted octanol–water partition coefficient (Wildman–Crippen LogP) is 2.59. The van der Waals surface area contributed by atoms with Crippen molar-refractivity contribution in [2.45, 2.75) is 25.6 Å². The van der Waals surface area contributed by atoms with Crippen LogP contribution in [0.4, 0.5) is 0 Å². The fourth-order valence-corrected chi connectivity index (χ4v) is 2.90. The van der Waals surface area contributed by atoms with Gasteiger partial charge < -0.3 is 19.7 Å². The summed E-state index contributed by atoms with van der Waals surface area (Å²) < 4.78 is 10.9. The molecule has 0 amide bonds. The molecule has 6 nitrogen and oxygen atoms in total. The van der Waals surface area contributed by atoms with E-state index in [1.807, 2.05) is 0 Å². The summed E-state index contributed by atoms with van der Waals surface area (Å²) in [5.74, 6) is -1.93. The second-order valence-electron chi connectivity index (χ2n) is 6.87. The van der Waals surface area contributed by atoms with Gasteiger partial charge in [0.05, 0.1) is 19.1 Å². The molecule has 0 aliphatic heterocycles. The van der Waals surface area contributed by atoms with E-state index in [0.29, 0.717) is 11.1 Å². The number of aliphatic carboxylic acids is 1. The maximum absolute atomic E-state index is 12.0. The Morgan fingerprint density at radius 3 is 1.78 bits per heavy atom. The zero-order valence-corrected chi connectivity index (χ0v) is 15.6. The number of ether oxygens (including phenoxy) is 2. The van der Waals surface area contributed by atoms with Crippen LogP contribution in [0.2, 0.25) is 0 Å². The highest BCUT2D eigenvalue weighted by Crippen LogP contribution is 2.39. The maximum Gasteiger partial charge on any atom is 0.336 e. The van der Waals surface area contributed by atoms with Crippen molar-refractivity contribution < 1.29 is 29.3 Å². The third kappa shape index (κ3) is 4.18. The number of carboxylic acid groups (broad SMARTS) is 1. The van der Waals surface area contributed by atoms with Gasteiger partial charge in [0, 0.05) is 0 Å². The third-order valence-electron chi connectivity index (χ3n) is 4.42. The van der Waals surface area contributed by atoms with Gasteiger partial charge in [0.2, 0.25) is 0 Å². The molecule has 2 aromatic rings. The number of esters is 1. The van der Waals surface area contributed by atoms with Crippen molar-refractivity contribution >= 4 is 11.9 Å². The number of aliphatic hydroxyl groups excluding tert-OH is 1. The number of carboxylic acids is 1. The van der Waals surface area contributed by atoms with Crippen molar-refractivity contribution in [2.24, 2.45) is 5.41 Å². The second kappa shape index (κ2) is 8.33. The van der Waals surface area contributed by atoms with Crippen molar-refractivity contribution in [3.05, 3.63) is 71.8 Å². The molecule has 144 valence electrons. The van der Waals surface area contributed by atoms with Crippen molar-refractivity contribution in [3.63, 3.8) is 0 Å². The topological polar surface area (TPSA) is 93.1 Å². The highest BCUT2D eigenvalue weighted by molar-refractivity contribution is 5.76. The van der Waals surface area contributed by atoms with Crippen molar-refractivity contribution in [1.82, 2.24) is 0 Å². The van der Waals surface area contributed by atoms with Gasteiger partial charge in [-0.15, -0.1) is 0 Å². The molecule has 6 heteroatoms. The molecule has 0 radical (unpaired) electrons. The SMILES string of the molecule is COC(=O)C(C)(C)COC(c1ccccc1)(c1ccccc1)C(O)C(=O)O. The molecule has 2 rings (SSSR count). The first-order valence-electron chi connectivity index (χ1n) is 8.50. The molecule has 0 saturated heterocycles. The van der Waals surface area contributed by atoms with Gasteiger partial charge in [0.25, 0.3) is 0 Å². The summed E-state index contributed by atoms with van der Waals surface area (Å²) in [5, 5.41) is 20.3. The fourth-order valence-electron chi connectivity index (χ4n) is 2.90. The smallest absolute Gasteiger partial charge is 0.336 e. The molecule has 0 aliphatic rings. The monoisotopic (exact) mass is 372 g/mol. The number of hydrogen-bond acceptors (Lipinski definition) is 5. The van der Waals surface area contributed by atoms with Gasteiger partial charge in [-0.2, -0.15) is 0 Å². The van der Waals surface area contributed by atoms with Crippen LogP contribution in [0.15, 0.2) is 60.7 Å².